The summed E-state index contributed by atoms with van der Waals surface area (Å²) in [6, 6.07) is 0. The molecule has 0 bridgehead atoms. The van der Waals surface area contributed by atoms with Crippen LogP contribution in [0.1, 0.15) is 0 Å². The Morgan fingerprint density at radius 2 is 0.900 bits per heavy atom. The van der Waals surface area contributed by atoms with Crippen LogP contribution >= 0.6 is 0 Å². The van der Waals surface area contributed by atoms with E-state index >= 15 is 0 Å². The normalized spacial score (nSPS) is 10.8. The molecule has 10 N–H and O–H groups in total. The Balaban J connectivity index is 0. The van der Waals surface area contributed by atoms with E-state index in [4.69, 9.17) is 22.9 Å². The maximum atomic E-state index is 5.40. The number of nitrogens with two attached hydrogens (primary N) is 4. The summed E-state index contributed by atoms with van der Waals surface area (Å²) in [6.07, 6.45) is 0. The smallest absolute Gasteiger partial charge is 0.0193 e. The van der Waals surface area contributed by atoms with E-state index in [1.807, 2.05) is 0 Å². The summed E-state index contributed by atoms with van der Waals surface area (Å²) in [5.74, 6) is 0. The van der Waals surface area contributed by atoms with Gasteiger partial charge in [0.1, 0.15) is 0 Å². The topological polar surface area (TPSA) is 136 Å². The number of hydrogen-bond donors (Lipinski definition) is 4. The molecule has 0 aliphatic rings. The van der Waals surface area contributed by atoms with Gasteiger partial charge < -0.3 is 28.4 Å². The minimum absolute atomic E-state index is 0. The maximum absolute atomic E-state index is 5.40. The van der Waals surface area contributed by atoms with E-state index in [0.717, 1.165) is 0 Å². The summed E-state index contributed by atoms with van der Waals surface area (Å²) >= 11 is 0. The van der Waals surface area contributed by atoms with E-state index < -0.39 is 0 Å². The molecule has 0 spiro atoms. The molecule has 0 amide bonds. The second-order valence-corrected chi connectivity index (χ2v) is 2.32. The molecular formula is C5H18N4O. The first-order chi connectivity index (χ1) is 4.24. The van der Waals surface area contributed by atoms with Gasteiger partial charge in [-0.15, -0.1) is 0 Å². The van der Waals surface area contributed by atoms with Gasteiger partial charge in [-0.1, -0.05) is 0 Å². The first-order valence-corrected chi connectivity index (χ1v) is 3.05. The number of hydrogen-bond acceptors (Lipinski definition) is 4. The Morgan fingerprint density at radius 3 is 0.900 bits per heavy atom. The molecule has 0 heterocycles. The third-order valence-electron chi connectivity index (χ3n) is 1.73. The molecule has 5 nitrogen and oxygen atoms in total. The van der Waals surface area contributed by atoms with Gasteiger partial charge in [-0.2, -0.15) is 0 Å². The van der Waals surface area contributed by atoms with E-state index in [0.29, 0.717) is 26.2 Å². The first kappa shape index (κ1) is 12.5. The highest BCUT2D eigenvalue weighted by Gasteiger charge is 2.22. The molecule has 0 aliphatic heterocycles. The molecule has 64 valence electrons. The predicted molar refractivity (Wildman–Crippen MR) is 42.3 cm³/mol. The molecule has 0 radical (unpaired) electrons. The van der Waals surface area contributed by atoms with Crippen molar-refractivity contribution in [1.82, 2.24) is 0 Å². The Labute approximate surface area is 61.0 Å². The number of rotatable bonds is 4. The third kappa shape index (κ3) is 2.59. The van der Waals surface area contributed by atoms with Crippen molar-refractivity contribution in [2.45, 2.75) is 0 Å². The van der Waals surface area contributed by atoms with Gasteiger partial charge in [0, 0.05) is 31.6 Å². The van der Waals surface area contributed by atoms with Crippen LogP contribution in [0.3, 0.4) is 0 Å². The fourth-order valence-electron chi connectivity index (χ4n) is 0.500. The average molecular weight is 150 g/mol. The van der Waals surface area contributed by atoms with Crippen LogP contribution in [0.5, 0.6) is 0 Å². The van der Waals surface area contributed by atoms with Crippen LogP contribution in [0.25, 0.3) is 0 Å². The molecule has 10 heavy (non-hydrogen) atoms. The summed E-state index contributed by atoms with van der Waals surface area (Å²) in [5, 5.41) is 0. The standard InChI is InChI=1S/C5H16N4.H2O/c6-1-5(2-7,3-8)4-9;/h1-4,6-9H2;1H2. The van der Waals surface area contributed by atoms with Crippen LogP contribution in [0.15, 0.2) is 0 Å². The van der Waals surface area contributed by atoms with E-state index in [1.165, 1.54) is 0 Å². The summed E-state index contributed by atoms with van der Waals surface area (Å²) in [7, 11) is 0. The minimum atomic E-state index is -0.222. The molecule has 0 aromatic carbocycles. The highest BCUT2D eigenvalue weighted by Crippen LogP contribution is 2.06. The van der Waals surface area contributed by atoms with Gasteiger partial charge in [0.2, 0.25) is 0 Å². The van der Waals surface area contributed by atoms with Gasteiger partial charge in [0.15, 0.2) is 0 Å². The molecule has 0 atom stereocenters. The van der Waals surface area contributed by atoms with Crippen LogP contribution < -0.4 is 22.9 Å². The maximum Gasteiger partial charge on any atom is 0.0193 e. The van der Waals surface area contributed by atoms with Crippen LogP contribution in [0.2, 0.25) is 0 Å². The molecule has 0 aromatic heterocycles. The van der Waals surface area contributed by atoms with E-state index in [-0.39, 0.29) is 10.9 Å². The SMILES string of the molecule is NCC(CN)(CN)CN.O. The van der Waals surface area contributed by atoms with Crippen molar-refractivity contribution in [2.75, 3.05) is 26.2 Å². The molecule has 0 saturated heterocycles. The summed E-state index contributed by atoms with van der Waals surface area (Å²) in [4.78, 5) is 0. The third-order valence-corrected chi connectivity index (χ3v) is 1.73. The molecule has 0 aliphatic carbocycles. The largest absolute Gasteiger partial charge is 0.412 e. The first-order valence-electron chi connectivity index (χ1n) is 3.05. The van der Waals surface area contributed by atoms with Crippen molar-refractivity contribution in [2.24, 2.45) is 28.3 Å². The fraction of sp³-hybridized carbons (Fsp3) is 1.00. The molecule has 0 aromatic rings. The quantitative estimate of drug-likeness (QED) is 0.339. The van der Waals surface area contributed by atoms with Crippen molar-refractivity contribution in [1.29, 1.82) is 0 Å². The van der Waals surface area contributed by atoms with Crippen molar-refractivity contribution in [3.05, 3.63) is 0 Å². The molecular weight excluding hydrogens is 132 g/mol. The summed E-state index contributed by atoms with van der Waals surface area (Å²) in [6.45, 7) is 1.88. The van der Waals surface area contributed by atoms with Crippen molar-refractivity contribution < 1.29 is 5.48 Å². The van der Waals surface area contributed by atoms with Crippen molar-refractivity contribution in [3.8, 4) is 0 Å². The molecule has 0 unspecified atom stereocenters. The predicted octanol–water partition coefficient (Wildman–Crippen LogP) is -3.02. The van der Waals surface area contributed by atoms with E-state index in [9.17, 15) is 0 Å². The molecule has 0 fully saturated rings. The van der Waals surface area contributed by atoms with Gasteiger partial charge in [0.05, 0.1) is 0 Å². The molecule has 5 heteroatoms. The monoisotopic (exact) mass is 150 g/mol. The van der Waals surface area contributed by atoms with Crippen LogP contribution in [-0.4, -0.2) is 31.7 Å². The van der Waals surface area contributed by atoms with Gasteiger partial charge in [-0.3, -0.25) is 0 Å². The summed E-state index contributed by atoms with van der Waals surface area (Å²) < 4.78 is 0. The van der Waals surface area contributed by atoms with Gasteiger partial charge >= 0.3 is 0 Å². The lowest BCUT2D eigenvalue weighted by Crippen LogP contribution is -2.49. The Hall–Kier alpha value is -0.200. The van der Waals surface area contributed by atoms with Crippen molar-refractivity contribution >= 4 is 0 Å². The lowest BCUT2D eigenvalue weighted by Gasteiger charge is -2.26. The van der Waals surface area contributed by atoms with Crippen LogP contribution in [0.4, 0.5) is 0 Å². The zero-order chi connectivity index (χ0) is 7.33. The fourth-order valence-corrected chi connectivity index (χ4v) is 0.500. The molecule has 0 rings (SSSR count). The Kier molecular flexibility index (Phi) is 6.95. The second kappa shape index (κ2) is 5.57. The van der Waals surface area contributed by atoms with E-state index in [2.05, 4.69) is 0 Å². The zero-order valence-electron chi connectivity index (χ0n) is 6.14. The lowest BCUT2D eigenvalue weighted by atomic mass is 9.89. The second-order valence-electron chi connectivity index (χ2n) is 2.32. The zero-order valence-corrected chi connectivity index (χ0v) is 6.14. The van der Waals surface area contributed by atoms with Gasteiger partial charge in [-0.25, -0.2) is 0 Å². The van der Waals surface area contributed by atoms with Crippen molar-refractivity contribution in [3.63, 3.8) is 0 Å². The van der Waals surface area contributed by atoms with Crippen LogP contribution in [-0.2, 0) is 0 Å². The van der Waals surface area contributed by atoms with Gasteiger partial charge in [-0.05, 0) is 0 Å². The highest BCUT2D eigenvalue weighted by molar-refractivity contribution is 4.82. The Morgan fingerprint density at radius 1 is 0.700 bits per heavy atom. The minimum Gasteiger partial charge on any atom is -0.412 e. The summed E-state index contributed by atoms with van der Waals surface area (Å²) in [5.41, 5.74) is 21.4. The van der Waals surface area contributed by atoms with E-state index in [1.54, 1.807) is 0 Å². The van der Waals surface area contributed by atoms with Gasteiger partial charge in [0.25, 0.3) is 0 Å². The Bertz CT molecular complexity index is 56.5. The molecule has 0 saturated carbocycles. The average Bonchev–Trinajstić information content (AvgIpc) is 1.95. The van der Waals surface area contributed by atoms with Crippen LogP contribution in [0, 0.1) is 5.41 Å². The lowest BCUT2D eigenvalue weighted by molar-refractivity contribution is 0.333. The highest BCUT2D eigenvalue weighted by atomic mass is 16.0.